The highest BCUT2D eigenvalue weighted by Gasteiger charge is 2.30. The van der Waals surface area contributed by atoms with E-state index in [0.29, 0.717) is 6.04 Å². The monoisotopic (exact) mass is 260 g/mol. The third kappa shape index (κ3) is 3.56. The molecule has 3 unspecified atom stereocenters. The van der Waals surface area contributed by atoms with Gasteiger partial charge in [0.1, 0.15) is 0 Å². The highest BCUT2D eigenvalue weighted by molar-refractivity contribution is 5.24. The first-order valence-corrected chi connectivity index (χ1v) is 7.62. The van der Waals surface area contributed by atoms with E-state index in [2.05, 4.69) is 57.2 Å². The van der Waals surface area contributed by atoms with Crippen LogP contribution in [-0.4, -0.2) is 12.0 Å². The summed E-state index contributed by atoms with van der Waals surface area (Å²) in [5.41, 5.74) is 3.68. The van der Waals surface area contributed by atoms with Gasteiger partial charge in [0.05, 0.1) is 0 Å². The average Bonchev–Trinajstić information content (AvgIpc) is 2.27. The van der Waals surface area contributed by atoms with Gasteiger partial charge < -0.3 is 5.32 Å². The molecule has 1 heterocycles. The van der Waals surface area contributed by atoms with Gasteiger partial charge in [-0.1, -0.05) is 13.8 Å². The second-order valence-electron chi connectivity index (χ2n) is 6.63. The number of nitrogens with one attached hydrogen (secondary N) is 1. The Bertz CT molecular complexity index is 397. The van der Waals surface area contributed by atoms with Crippen LogP contribution in [0.25, 0.3) is 0 Å². The summed E-state index contributed by atoms with van der Waals surface area (Å²) < 4.78 is 0. The van der Waals surface area contributed by atoms with Crippen molar-refractivity contribution in [3.8, 4) is 0 Å². The van der Waals surface area contributed by atoms with Crippen molar-refractivity contribution in [2.24, 2.45) is 17.8 Å². The molecule has 2 heteroatoms. The molecule has 1 N–H and O–H groups in total. The van der Waals surface area contributed by atoms with Gasteiger partial charge in [0.2, 0.25) is 0 Å². The Kier molecular flexibility index (Phi) is 4.62. The number of hydrogen-bond donors (Lipinski definition) is 1. The first kappa shape index (κ1) is 14.5. The number of nitrogens with zero attached hydrogens (tertiary/aromatic N) is 1. The molecule has 2 rings (SSSR count). The number of aromatic nitrogens is 1. The summed E-state index contributed by atoms with van der Waals surface area (Å²) in [5.74, 6) is 2.47. The Morgan fingerprint density at radius 3 is 2.05 bits per heavy atom. The molecule has 0 amide bonds. The van der Waals surface area contributed by atoms with Crippen LogP contribution in [0.5, 0.6) is 0 Å². The minimum absolute atomic E-state index is 0.477. The van der Waals surface area contributed by atoms with E-state index in [1.165, 1.54) is 24.8 Å². The summed E-state index contributed by atoms with van der Waals surface area (Å²) in [6, 6.07) is 4.97. The van der Waals surface area contributed by atoms with Gasteiger partial charge in [-0.15, -0.1) is 0 Å². The predicted octanol–water partition coefficient (Wildman–Crippen LogP) is 4.03. The van der Waals surface area contributed by atoms with Crippen LogP contribution in [0.1, 0.15) is 56.1 Å². The van der Waals surface area contributed by atoms with E-state index in [0.717, 1.165) is 29.1 Å². The number of hydrogen-bond acceptors (Lipinski definition) is 2. The quantitative estimate of drug-likeness (QED) is 0.887. The van der Waals surface area contributed by atoms with Crippen molar-refractivity contribution in [3.63, 3.8) is 0 Å². The molecular formula is C17H28N2. The third-order valence-electron chi connectivity index (χ3n) is 4.46. The molecule has 1 aromatic heterocycles. The van der Waals surface area contributed by atoms with E-state index in [1.807, 2.05) is 0 Å². The zero-order valence-corrected chi connectivity index (χ0v) is 13.0. The minimum atomic E-state index is 0.477. The number of aryl methyl sites for hydroxylation is 2. The summed E-state index contributed by atoms with van der Waals surface area (Å²) in [5, 5.41) is 3.56. The van der Waals surface area contributed by atoms with Crippen LogP contribution in [0, 0.1) is 31.6 Å². The van der Waals surface area contributed by atoms with Crippen LogP contribution in [-0.2, 0) is 0 Å². The molecule has 2 nitrogen and oxygen atoms in total. The van der Waals surface area contributed by atoms with Crippen molar-refractivity contribution >= 4 is 0 Å². The lowest BCUT2D eigenvalue weighted by Gasteiger charge is -2.36. The molecule has 1 aromatic rings. The van der Waals surface area contributed by atoms with Gasteiger partial charge in [0.15, 0.2) is 0 Å². The van der Waals surface area contributed by atoms with Gasteiger partial charge in [-0.2, -0.15) is 0 Å². The second-order valence-corrected chi connectivity index (χ2v) is 6.63. The molecule has 0 bridgehead atoms. The second kappa shape index (κ2) is 6.04. The highest BCUT2D eigenvalue weighted by atomic mass is 14.9. The molecule has 106 valence electrons. The Morgan fingerprint density at radius 1 is 1.05 bits per heavy atom. The van der Waals surface area contributed by atoms with Crippen LogP contribution >= 0.6 is 0 Å². The first-order valence-electron chi connectivity index (χ1n) is 7.62. The van der Waals surface area contributed by atoms with Crippen molar-refractivity contribution < 1.29 is 0 Å². The maximum absolute atomic E-state index is 4.50. The van der Waals surface area contributed by atoms with Crippen molar-refractivity contribution in [1.82, 2.24) is 10.3 Å². The van der Waals surface area contributed by atoms with Gasteiger partial charge in [0.25, 0.3) is 0 Å². The van der Waals surface area contributed by atoms with Gasteiger partial charge in [-0.25, -0.2) is 0 Å². The third-order valence-corrected chi connectivity index (χ3v) is 4.46. The lowest BCUT2D eigenvalue weighted by atomic mass is 9.72. The van der Waals surface area contributed by atoms with E-state index < -0.39 is 0 Å². The zero-order chi connectivity index (χ0) is 14.0. The van der Waals surface area contributed by atoms with Crippen LogP contribution in [0.3, 0.4) is 0 Å². The van der Waals surface area contributed by atoms with E-state index >= 15 is 0 Å². The molecule has 0 spiro atoms. The lowest BCUT2D eigenvalue weighted by molar-refractivity contribution is 0.180. The standard InChI is InChI=1S/C17H28N2/c1-11-6-12(2)8-15(7-11)17(18-5)16-9-13(3)19-14(4)10-16/h9-12,15,17-18H,6-8H2,1-5H3. The summed E-state index contributed by atoms with van der Waals surface area (Å²) >= 11 is 0. The van der Waals surface area contributed by atoms with Gasteiger partial charge in [-0.3, -0.25) is 4.98 Å². The fourth-order valence-electron chi connectivity index (χ4n) is 4.00. The van der Waals surface area contributed by atoms with Crippen LogP contribution in [0.15, 0.2) is 12.1 Å². The van der Waals surface area contributed by atoms with Crippen molar-refractivity contribution in [2.75, 3.05) is 7.05 Å². The first-order chi connectivity index (χ1) is 8.99. The topological polar surface area (TPSA) is 24.9 Å². The molecule has 0 saturated heterocycles. The Labute approximate surface area is 118 Å². The summed E-state index contributed by atoms with van der Waals surface area (Å²) in [4.78, 5) is 4.50. The lowest BCUT2D eigenvalue weighted by Crippen LogP contribution is -2.31. The molecule has 0 aliphatic heterocycles. The molecule has 1 aliphatic rings. The smallest absolute Gasteiger partial charge is 0.0379 e. The minimum Gasteiger partial charge on any atom is -0.313 e. The van der Waals surface area contributed by atoms with E-state index in [-0.39, 0.29) is 0 Å². The number of pyridine rings is 1. The van der Waals surface area contributed by atoms with Gasteiger partial charge in [0, 0.05) is 17.4 Å². The Balaban J connectivity index is 2.23. The van der Waals surface area contributed by atoms with Gasteiger partial charge >= 0.3 is 0 Å². The molecular weight excluding hydrogens is 232 g/mol. The summed E-state index contributed by atoms with van der Waals surface area (Å²) in [7, 11) is 2.10. The number of rotatable bonds is 3. The molecule has 3 atom stereocenters. The Hall–Kier alpha value is -0.890. The van der Waals surface area contributed by atoms with Crippen LogP contribution < -0.4 is 5.32 Å². The molecule has 1 fully saturated rings. The van der Waals surface area contributed by atoms with E-state index in [1.54, 1.807) is 0 Å². The van der Waals surface area contributed by atoms with Crippen molar-refractivity contribution in [3.05, 3.63) is 29.1 Å². The van der Waals surface area contributed by atoms with Crippen LogP contribution in [0.2, 0.25) is 0 Å². The SMILES string of the molecule is CNC(c1cc(C)nc(C)c1)C1CC(C)CC(C)C1. The Morgan fingerprint density at radius 2 is 1.58 bits per heavy atom. The van der Waals surface area contributed by atoms with Crippen LogP contribution in [0.4, 0.5) is 0 Å². The zero-order valence-electron chi connectivity index (χ0n) is 13.0. The van der Waals surface area contributed by atoms with Gasteiger partial charge in [-0.05, 0) is 75.6 Å². The van der Waals surface area contributed by atoms with Crippen molar-refractivity contribution in [1.29, 1.82) is 0 Å². The molecule has 0 radical (unpaired) electrons. The summed E-state index contributed by atoms with van der Waals surface area (Å²) in [6.07, 6.45) is 4.08. The molecule has 1 saturated carbocycles. The fourth-order valence-corrected chi connectivity index (χ4v) is 4.00. The fraction of sp³-hybridized carbons (Fsp3) is 0.706. The normalized spacial score (nSPS) is 29.2. The van der Waals surface area contributed by atoms with E-state index in [9.17, 15) is 0 Å². The van der Waals surface area contributed by atoms with E-state index in [4.69, 9.17) is 0 Å². The predicted molar refractivity (Wildman–Crippen MR) is 81.2 cm³/mol. The molecule has 19 heavy (non-hydrogen) atoms. The largest absolute Gasteiger partial charge is 0.313 e. The maximum atomic E-state index is 4.50. The highest BCUT2D eigenvalue weighted by Crippen LogP contribution is 2.39. The average molecular weight is 260 g/mol. The van der Waals surface area contributed by atoms with Crippen molar-refractivity contribution in [2.45, 2.75) is 53.0 Å². The summed E-state index contributed by atoms with van der Waals surface area (Å²) in [6.45, 7) is 8.99. The maximum Gasteiger partial charge on any atom is 0.0379 e. The molecule has 1 aliphatic carbocycles. The molecule has 0 aromatic carbocycles.